The number of nitrogens with zero attached hydrogens (tertiary/aromatic N) is 7. The summed E-state index contributed by atoms with van der Waals surface area (Å²) in [5, 5.41) is 13.1. The van der Waals surface area contributed by atoms with Gasteiger partial charge >= 0.3 is 19.4 Å². The number of nitrogen functional groups attached to an aromatic ring is 1. The van der Waals surface area contributed by atoms with Crippen LogP contribution in [0.1, 0.15) is 12.6 Å². The Hall–Kier alpha value is -2.83. The van der Waals surface area contributed by atoms with E-state index < -0.39 is 38.0 Å². The third-order valence-electron chi connectivity index (χ3n) is 4.17. The fourth-order valence-corrected chi connectivity index (χ4v) is 4.49. The highest BCUT2D eigenvalue weighted by Crippen LogP contribution is 2.57. The van der Waals surface area contributed by atoms with Gasteiger partial charge in [-0.15, -0.1) is 4.73 Å². The van der Waals surface area contributed by atoms with Crippen molar-refractivity contribution in [2.45, 2.75) is 31.1 Å². The molecule has 0 aromatic carbocycles. The van der Waals surface area contributed by atoms with Crippen molar-refractivity contribution >= 4 is 24.9 Å². The molecular formula is C10H9N8O7P. The number of fused-ring (bicyclic) bond motifs is 2. The van der Waals surface area contributed by atoms with Gasteiger partial charge in [0.1, 0.15) is 6.10 Å². The molecule has 0 amide bonds. The molecule has 3 aliphatic heterocycles. The Morgan fingerprint density at radius 3 is 3.08 bits per heavy atom. The first kappa shape index (κ1) is 15.4. The van der Waals surface area contributed by atoms with E-state index in [9.17, 15) is 14.5 Å². The number of aromatic nitrogens is 4. The zero-order chi connectivity index (χ0) is 18.2. The summed E-state index contributed by atoms with van der Waals surface area (Å²) in [6.45, 7) is 0. The van der Waals surface area contributed by atoms with Crippen LogP contribution in [-0.2, 0) is 13.8 Å². The molecule has 16 heteroatoms. The molecule has 136 valence electrons. The number of nitrogens with two attached hydrogens (primary N) is 1. The Labute approximate surface area is 142 Å². The number of aliphatic hydroxyl groups is 1. The number of azide groups is 1. The van der Waals surface area contributed by atoms with Gasteiger partial charge < -0.3 is 20.1 Å². The number of imidazole rings is 1. The van der Waals surface area contributed by atoms with Crippen LogP contribution in [0.3, 0.4) is 0 Å². The zero-order valence-corrected chi connectivity index (χ0v) is 13.5. The molecule has 4 bridgehead atoms. The third kappa shape index (κ3) is 1.91. The highest BCUT2D eigenvalue weighted by Gasteiger charge is 2.54. The molecule has 1 saturated heterocycles. The first-order chi connectivity index (χ1) is 12.4. The monoisotopic (exact) mass is 384 g/mol. The van der Waals surface area contributed by atoms with Gasteiger partial charge in [0, 0.05) is 11.3 Å². The topological polar surface area (TPSA) is 202 Å². The summed E-state index contributed by atoms with van der Waals surface area (Å²) in [5.41, 5.74) is 13.3. The van der Waals surface area contributed by atoms with Crippen molar-refractivity contribution in [3.05, 3.63) is 20.8 Å². The molecular weight excluding hydrogens is 375 g/mol. The Kier molecular flexibility index (Phi) is 2.89. The Balaban J connectivity index is 1.75. The summed E-state index contributed by atoms with van der Waals surface area (Å²) >= 11 is 0. The predicted molar refractivity (Wildman–Crippen MR) is 79.6 cm³/mol. The van der Waals surface area contributed by atoms with Gasteiger partial charge in [-0.2, -0.15) is 9.97 Å². The SMILES string of the molecule is [N-]=[N+]=NC(O)[C@@H]1CC2OP3(=O)Oc4nc5c(=O)nc(N)n(c5n4[C@@H]2O1)O3. The minimum Gasteiger partial charge on any atom is -0.384 e. The van der Waals surface area contributed by atoms with Crippen molar-refractivity contribution in [2.24, 2.45) is 5.11 Å². The maximum atomic E-state index is 12.9. The van der Waals surface area contributed by atoms with Crippen LogP contribution in [0.2, 0.25) is 0 Å². The molecule has 3 N–H and O–H groups in total. The van der Waals surface area contributed by atoms with Crippen LogP contribution in [0.25, 0.3) is 21.6 Å². The maximum absolute atomic E-state index is 12.9. The molecule has 2 aromatic rings. The molecule has 1 fully saturated rings. The van der Waals surface area contributed by atoms with Gasteiger partial charge in [-0.1, -0.05) is 5.11 Å². The van der Waals surface area contributed by atoms with Gasteiger partial charge in [-0.05, 0) is 5.53 Å². The van der Waals surface area contributed by atoms with Crippen molar-refractivity contribution in [1.29, 1.82) is 0 Å². The van der Waals surface area contributed by atoms with Crippen LogP contribution >= 0.6 is 7.82 Å². The van der Waals surface area contributed by atoms with Crippen molar-refractivity contribution in [3.8, 4) is 6.01 Å². The van der Waals surface area contributed by atoms with Gasteiger partial charge in [0.25, 0.3) is 0 Å². The van der Waals surface area contributed by atoms with Crippen LogP contribution in [0, 0.1) is 0 Å². The molecule has 5 rings (SSSR count). The van der Waals surface area contributed by atoms with E-state index in [1.165, 1.54) is 4.57 Å². The number of ether oxygens (including phenoxy) is 1. The van der Waals surface area contributed by atoms with Crippen LogP contribution < -0.4 is 20.4 Å². The zero-order valence-electron chi connectivity index (χ0n) is 12.6. The van der Waals surface area contributed by atoms with Gasteiger partial charge in [-0.3, -0.25) is 13.9 Å². The molecule has 0 radical (unpaired) electrons. The molecule has 3 aliphatic rings. The lowest BCUT2D eigenvalue weighted by molar-refractivity contribution is -0.0706. The summed E-state index contributed by atoms with van der Waals surface area (Å²) < 4.78 is 36.6. The number of anilines is 1. The van der Waals surface area contributed by atoms with Crippen LogP contribution in [0.5, 0.6) is 6.01 Å². The van der Waals surface area contributed by atoms with E-state index in [1.807, 2.05) is 0 Å². The van der Waals surface area contributed by atoms with Gasteiger partial charge in [0.15, 0.2) is 23.6 Å². The lowest BCUT2D eigenvalue weighted by atomic mass is 10.2. The van der Waals surface area contributed by atoms with E-state index in [-0.39, 0.29) is 29.5 Å². The molecule has 5 heterocycles. The van der Waals surface area contributed by atoms with Gasteiger partial charge in [0.2, 0.25) is 5.95 Å². The molecule has 0 saturated carbocycles. The van der Waals surface area contributed by atoms with Crippen molar-refractivity contribution in [1.82, 2.24) is 19.3 Å². The second kappa shape index (κ2) is 4.87. The average molecular weight is 384 g/mol. The molecule has 3 unspecified atom stereocenters. The number of phosphoric acid groups is 1. The summed E-state index contributed by atoms with van der Waals surface area (Å²) in [7, 11) is -4.24. The lowest BCUT2D eigenvalue weighted by Gasteiger charge is -2.23. The van der Waals surface area contributed by atoms with Crippen molar-refractivity contribution < 1.29 is 28.1 Å². The lowest BCUT2D eigenvalue weighted by Crippen LogP contribution is -2.29. The molecule has 0 spiro atoms. The summed E-state index contributed by atoms with van der Waals surface area (Å²) in [6, 6.07) is -0.245. The number of rotatable bonds is 2. The van der Waals surface area contributed by atoms with Crippen molar-refractivity contribution in [3.63, 3.8) is 0 Å². The molecule has 15 nitrogen and oxygen atoms in total. The molecule has 0 aliphatic carbocycles. The predicted octanol–water partition coefficient (Wildman–Crippen LogP) is -0.581. The Morgan fingerprint density at radius 2 is 2.31 bits per heavy atom. The minimum absolute atomic E-state index is 0.0193. The maximum Gasteiger partial charge on any atom is 0.609 e. The van der Waals surface area contributed by atoms with E-state index in [1.54, 1.807) is 0 Å². The average Bonchev–Trinajstić information content (AvgIpc) is 3.05. The largest absolute Gasteiger partial charge is 0.609 e. The summed E-state index contributed by atoms with van der Waals surface area (Å²) in [5.74, 6) is -0.383. The number of hydrogen-bond acceptors (Lipinski definition) is 11. The first-order valence-electron chi connectivity index (χ1n) is 7.26. The van der Waals surface area contributed by atoms with Crippen molar-refractivity contribution in [2.75, 3.05) is 5.73 Å². The van der Waals surface area contributed by atoms with Crippen LogP contribution in [0.4, 0.5) is 5.95 Å². The minimum atomic E-state index is -4.24. The van der Waals surface area contributed by atoms with Gasteiger partial charge in [-0.25, -0.2) is 9.13 Å². The van der Waals surface area contributed by atoms with E-state index in [4.69, 9.17) is 29.7 Å². The van der Waals surface area contributed by atoms with E-state index in [0.717, 1.165) is 4.73 Å². The molecule has 5 atom stereocenters. The quantitative estimate of drug-likeness (QED) is 0.292. The fourth-order valence-electron chi connectivity index (χ4n) is 3.16. The second-order valence-corrected chi connectivity index (χ2v) is 7.14. The standard InChI is InChI=1S/C10H9N8O7P/c11-9-14-6(20)4-7-17-8-3(1-2(22-8)5(19)15-16-12)23-26(21,25-18(7)9)24-10(17)13-4/h2-3,5,8,19H,1H2,(H2,11,14,20)/t2-,3?,5?,8+,26?/m0/s1. The smallest absolute Gasteiger partial charge is 0.384 e. The van der Waals surface area contributed by atoms with E-state index in [2.05, 4.69) is 20.0 Å². The first-order valence-corrected chi connectivity index (χ1v) is 8.72. The van der Waals surface area contributed by atoms with E-state index >= 15 is 0 Å². The highest BCUT2D eigenvalue weighted by atomic mass is 31.2. The highest BCUT2D eigenvalue weighted by molar-refractivity contribution is 7.49. The summed E-state index contributed by atoms with van der Waals surface area (Å²) in [4.78, 5) is 22.1. The number of phosphoric ester groups is 1. The normalized spacial score (nSPS) is 32.3. The van der Waals surface area contributed by atoms with Crippen LogP contribution in [0.15, 0.2) is 9.91 Å². The van der Waals surface area contributed by atoms with Crippen LogP contribution in [-0.4, -0.2) is 42.8 Å². The fraction of sp³-hybridized carbons (Fsp3) is 0.500. The summed E-state index contributed by atoms with van der Waals surface area (Å²) in [6.07, 6.45) is -4.31. The number of hydrogen-bond donors (Lipinski definition) is 2. The second-order valence-electron chi connectivity index (χ2n) is 5.69. The Bertz CT molecular complexity index is 1100. The molecule has 2 aromatic heterocycles. The number of aliphatic hydroxyl groups excluding tert-OH is 1. The third-order valence-corrected chi connectivity index (χ3v) is 5.45. The molecule has 26 heavy (non-hydrogen) atoms. The van der Waals surface area contributed by atoms with E-state index in [0.29, 0.717) is 0 Å². The van der Waals surface area contributed by atoms with Gasteiger partial charge in [0.05, 0.1) is 6.10 Å². The Morgan fingerprint density at radius 1 is 1.50 bits per heavy atom.